The number of nitrogens with zero attached hydrogens (tertiary/aromatic N) is 5. The maximum Gasteiger partial charge on any atom is 0.348 e. The van der Waals surface area contributed by atoms with Gasteiger partial charge in [-0.1, -0.05) is 18.2 Å². The average Bonchev–Trinajstić information content (AvgIpc) is 3.27. The minimum atomic E-state index is -0.433. The highest BCUT2D eigenvalue weighted by atomic mass is 16.2. The van der Waals surface area contributed by atoms with Crippen molar-refractivity contribution in [1.29, 1.82) is 0 Å². The van der Waals surface area contributed by atoms with Crippen molar-refractivity contribution in [3.05, 3.63) is 81.5 Å². The number of para-hydroxylation sites is 1. The fourth-order valence-corrected chi connectivity index (χ4v) is 4.12. The van der Waals surface area contributed by atoms with Crippen LogP contribution >= 0.6 is 0 Å². The lowest BCUT2D eigenvalue weighted by Crippen LogP contribution is -2.38. The van der Waals surface area contributed by atoms with Gasteiger partial charge in [0.25, 0.3) is 5.91 Å². The first kappa shape index (κ1) is 22.3. The molecule has 0 bridgehead atoms. The summed E-state index contributed by atoms with van der Waals surface area (Å²) < 4.78 is 1.38. The molecular weight excluding hydrogens is 420 g/mol. The molecule has 1 aliphatic heterocycles. The second kappa shape index (κ2) is 9.32. The number of anilines is 1. The van der Waals surface area contributed by atoms with Crippen molar-refractivity contribution in [2.24, 2.45) is 0 Å². The molecule has 0 aliphatic carbocycles. The van der Waals surface area contributed by atoms with E-state index in [0.29, 0.717) is 40.7 Å². The number of aromatic nitrogens is 4. The molecule has 3 aromatic rings. The number of benzene rings is 1. The number of hydrogen-bond acceptors (Lipinski definition) is 6. The zero-order valence-corrected chi connectivity index (χ0v) is 18.9. The van der Waals surface area contributed by atoms with E-state index in [1.807, 2.05) is 18.2 Å². The predicted octanol–water partition coefficient (Wildman–Crippen LogP) is 2.57. The topological polar surface area (TPSA) is 110 Å². The molecule has 1 saturated heterocycles. The van der Waals surface area contributed by atoms with Gasteiger partial charge in [-0.15, -0.1) is 0 Å². The molecule has 33 heavy (non-hydrogen) atoms. The van der Waals surface area contributed by atoms with E-state index in [0.717, 1.165) is 12.8 Å². The van der Waals surface area contributed by atoms with Crippen LogP contribution in [0.1, 0.15) is 52.1 Å². The van der Waals surface area contributed by atoms with Gasteiger partial charge in [0.05, 0.1) is 17.3 Å². The molecule has 1 fully saturated rings. The second-order valence-corrected chi connectivity index (χ2v) is 8.20. The SMILES string of the molecule is Cc1cc(C)n(CC(=O)N2CCCC2c2ncc(C(=O)Nc3ccccc3)c(C)n2)c(=O)n1. The molecule has 0 radical (unpaired) electrons. The number of hydrogen-bond donors (Lipinski definition) is 1. The molecule has 1 unspecified atom stereocenters. The van der Waals surface area contributed by atoms with Crippen LogP contribution in [0.3, 0.4) is 0 Å². The standard InChI is InChI=1S/C24H26N6O3/c1-15-12-16(2)30(24(33)26-15)14-21(31)29-11-7-10-20(29)22-25-13-19(17(3)27-22)23(32)28-18-8-5-4-6-9-18/h4-6,8-9,12-13,20H,7,10-11,14H2,1-3H3,(H,28,32). The van der Waals surface area contributed by atoms with Crippen LogP contribution in [0.4, 0.5) is 5.69 Å². The molecule has 4 rings (SSSR count). The smallest absolute Gasteiger partial charge is 0.331 e. The summed E-state index contributed by atoms with van der Waals surface area (Å²) in [7, 11) is 0. The number of aryl methyl sites for hydroxylation is 3. The molecule has 3 heterocycles. The third-order valence-electron chi connectivity index (χ3n) is 5.79. The summed E-state index contributed by atoms with van der Waals surface area (Å²) in [6.07, 6.45) is 3.05. The highest BCUT2D eigenvalue weighted by Gasteiger charge is 2.32. The number of carbonyl (C=O) groups is 2. The Kier molecular flexibility index (Phi) is 6.30. The summed E-state index contributed by atoms with van der Waals surface area (Å²) in [6, 6.07) is 10.7. The van der Waals surface area contributed by atoms with Gasteiger partial charge in [0.15, 0.2) is 5.82 Å². The third kappa shape index (κ3) is 4.82. The van der Waals surface area contributed by atoms with Crippen LogP contribution in [0.5, 0.6) is 0 Å². The summed E-state index contributed by atoms with van der Waals surface area (Å²) in [5.74, 6) is 0.0348. The van der Waals surface area contributed by atoms with Crippen LogP contribution in [0.15, 0.2) is 47.4 Å². The van der Waals surface area contributed by atoms with Gasteiger partial charge in [0.2, 0.25) is 5.91 Å². The van der Waals surface area contributed by atoms with Gasteiger partial charge in [0, 0.05) is 29.8 Å². The number of rotatable bonds is 5. The maximum atomic E-state index is 13.1. The molecule has 170 valence electrons. The quantitative estimate of drug-likeness (QED) is 0.645. The molecule has 2 aromatic heterocycles. The van der Waals surface area contributed by atoms with Crippen LogP contribution in [-0.4, -0.2) is 42.8 Å². The average molecular weight is 447 g/mol. The van der Waals surface area contributed by atoms with E-state index in [-0.39, 0.29) is 24.4 Å². The van der Waals surface area contributed by atoms with E-state index in [1.165, 1.54) is 10.8 Å². The van der Waals surface area contributed by atoms with Gasteiger partial charge in [-0.25, -0.2) is 14.8 Å². The van der Waals surface area contributed by atoms with Crippen molar-refractivity contribution in [3.63, 3.8) is 0 Å². The normalized spacial score (nSPS) is 15.5. The Morgan fingerprint density at radius 1 is 1.12 bits per heavy atom. The fraction of sp³-hybridized carbons (Fsp3) is 0.333. The first-order chi connectivity index (χ1) is 15.8. The van der Waals surface area contributed by atoms with Crippen LogP contribution in [-0.2, 0) is 11.3 Å². The Morgan fingerprint density at radius 3 is 2.58 bits per heavy atom. The Balaban J connectivity index is 1.51. The fourth-order valence-electron chi connectivity index (χ4n) is 4.12. The molecule has 9 nitrogen and oxygen atoms in total. The molecule has 1 N–H and O–H groups in total. The minimum absolute atomic E-state index is 0.0784. The molecule has 1 aromatic carbocycles. The predicted molar refractivity (Wildman–Crippen MR) is 123 cm³/mol. The van der Waals surface area contributed by atoms with Crippen LogP contribution in [0.25, 0.3) is 0 Å². The first-order valence-electron chi connectivity index (χ1n) is 10.9. The van der Waals surface area contributed by atoms with Gasteiger partial charge in [-0.3, -0.25) is 14.2 Å². The van der Waals surface area contributed by atoms with E-state index in [9.17, 15) is 14.4 Å². The Bertz CT molecular complexity index is 1250. The van der Waals surface area contributed by atoms with Gasteiger partial charge < -0.3 is 10.2 Å². The van der Waals surface area contributed by atoms with E-state index < -0.39 is 5.69 Å². The highest BCUT2D eigenvalue weighted by molar-refractivity contribution is 6.04. The lowest BCUT2D eigenvalue weighted by molar-refractivity contribution is -0.133. The molecule has 9 heteroatoms. The van der Waals surface area contributed by atoms with Gasteiger partial charge in [-0.05, 0) is 51.8 Å². The number of likely N-dealkylation sites (tertiary alicyclic amines) is 1. The van der Waals surface area contributed by atoms with E-state index in [2.05, 4.69) is 20.3 Å². The van der Waals surface area contributed by atoms with E-state index in [4.69, 9.17) is 0 Å². The Labute approximate surface area is 191 Å². The summed E-state index contributed by atoms with van der Waals surface area (Å²) in [5, 5.41) is 2.84. The molecule has 1 aliphatic rings. The lowest BCUT2D eigenvalue weighted by Gasteiger charge is -2.24. The summed E-state index contributed by atoms with van der Waals surface area (Å²) >= 11 is 0. The van der Waals surface area contributed by atoms with Crippen LogP contribution < -0.4 is 11.0 Å². The number of amides is 2. The summed E-state index contributed by atoms with van der Waals surface area (Å²) in [6.45, 7) is 5.78. The highest BCUT2D eigenvalue weighted by Crippen LogP contribution is 2.30. The molecule has 0 saturated carbocycles. The van der Waals surface area contributed by atoms with Gasteiger partial charge in [-0.2, -0.15) is 4.98 Å². The first-order valence-corrected chi connectivity index (χ1v) is 10.9. The number of carbonyl (C=O) groups excluding carboxylic acids is 2. The van der Waals surface area contributed by atoms with E-state index in [1.54, 1.807) is 43.9 Å². The lowest BCUT2D eigenvalue weighted by atomic mass is 10.1. The number of nitrogens with one attached hydrogen (secondary N) is 1. The maximum absolute atomic E-state index is 13.1. The zero-order valence-electron chi connectivity index (χ0n) is 18.9. The largest absolute Gasteiger partial charge is 0.348 e. The van der Waals surface area contributed by atoms with Crippen molar-refractivity contribution in [2.45, 2.75) is 46.2 Å². The Hall–Kier alpha value is -3.88. The van der Waals surface area contributed by atoms with Crippen molar-refractivity contribution in [3.8, 4) is 0 Å². The minimum Gasteiger partial charge on any atom is -0.331 e. The van der Waals surface area contributed by atoms with Crippen molar-refractivity contribution >= 4 is 17.5 Å². The third-order valence-corrected chi connectivity index (χ3v) is 5.79. The van der Waals surface area contributed by atoms with Crippen LogP contribution in [0.2, 0.25) is 0 Å². The van der Waals surface area contributed by atoms with Crippen LogP contribution in [0, 0.1) is 20.8 Å². The Morgan fingerprint density at radius 2 is 1.88 bits per heavy atom. The van der Waals surface area contributed by atoms with E-state index >= 15 is 0 Å². The summed E-state index contributed by atoms with van der Waals surface area (Å²) in [5.41, 5.74) is 2.50. The summed E-state index contributed by atoms with van der Waals surface area (Å²) in [4.78, 5) is 52.6. The molecular formula is C24H26N6O3. The molecule has 2 amide bonds. The zero-order chi connectivity index (χ0) is 23.5. The molecule has 0 spiro atoms. The van der Waals surface area contributed by atoms with Crippen molar-refractivity contribution in [2.75, 3.05) is 11.9 Å². The molecule has 1 atom stereocenters. The van der Waals surface area contributed by atoms with Gasteiger partial charge >= 0.3 is 5.69 Å². The van der Waals surface area contributed by atoms with Gasteiger partial charge in [0.1, 0.15) is 6.54 Å². The second-order valence-electron chi connectivity index (χ2n) is 8.20. The monoisotopic (exact) mass is 446 g/mol. The van der Waals surface area contributed by atoms with Crippen molar-refractivity contribution in [1.82, 2.24) is 24.4 Å². The van der Waals surface area contributed by atoms with Crippen molar-refractivity contribution < 1.29 is 9.59 Å².